The molecule has 0 amide bonds. The van der Waals surface area contributed by atoms with Gasteiger partial charge in [0.1, 0.15) is 0 Å². The van der Waals surface area contributed by atoms with Crippen molar-refractivity contribution < 1.29 is 25.1 Å². The Bertz CT molecular complexity index is 85.9. The molecular weight excluding hydrogens is 209 g/mol. The van der Waals surface area contributed by atoms with Crippen molar-refractivity contribution in [3.05, 3.63) is 0 Å². The third kappa shape index (κ3) is 22.5. The molecule has 7 heteroatoms. The van der Waals surface area contributed by atoms with Crippen molar-refractivity contribution in [3.8, 4) is 0 Å². The summed E-state index contributed by atoms with van der Waals surface area (Å²) in [6.45, 7) is 2.75. The molecule has 1 aliphatic rings. The Morgan fingerprint density at radius 3 is 1.50 bits per heavy atom. The van der Waals surface area contributed by atoms with E-state index >= 15 is 0 Å². The second-order valence-corrected chi connectivity index (χ2v) is 2.60. The summed E-state index contributed by atoms with van der Waals surface area (Å²) in [7, 11) is -3.37. The maximum atomic E-state index is 8.48. The van der Waals surface area contributed by atoms with Crippen LogP contribution in [0.1, 0.15) is 19.3 Å². The summed E-state index contributed by atoms with van der Waals surface area (Å²) >= 11 is 0. The zero-order chi connectivity index (χ0) is 7.82. The Balaban J connectivity index is -0.000000124. The quantitative estimate of drug-likeness (QED) is 0.362. The molecular formula is C5H13CaNO4P+. The molecule has 0 radical (unpaired) electrons. The summed E-state index contributed by atoms with van der Waals surface area (Å²) < 4.78 is 8.48. The second-order valence-electron chi connectivity index (χ2n) is 2.15. The Labute approximate surface area is 103 Å². The van der Waals surface area contributed by atoms with E-state index in [-0.39, 0.29) is 43.2 Å². The molecule has 3 N–H and O–H groups in total. The van der Waals surface area contributed by atoms with Crippen LogP contribution in [0.4, 0.5) is 0 Å². The Hall–Kier alpha value is 1.20. The summed E-state index contributed by atoms with van der Waals surface area (Å²) in [5.74, 6) is 0. The van der Waals surface area contributed by atoms with Crippen LogP contribution in [0.3, 0.4) is 0 Å². The van der Waals surface area contributed by atoms with Crippen LogP contribution in [0.5, 0.6) is 0 Å². The van der Waals surface area contributed by atoms with E-state index in [4.69, 9.17) is 14.4 Å². The predicted molar refractivity (Wildman–Crippen MR) is 40.8 cm³/mol. The van der Waals surface area contributed by atoms with Gasteiger partial charge in [-0.1, -0.05) is 4.57 Å². The third-order valence-electron chi connectivity index (χ3n) is 1.32. The fraction of sp³-hybridized carbons (Fsp3) is 1.00. The minimum absolute atomic E-state index is 0. The van der Waals surface area contributed by atoms with Gasteiger partial charge in [0.25, 0.3) is 8.25 Å². The first-order chi connectivity index (χ1) is 4.73. The monoisotopic (exact) mass is 222 g/mol. The second kappa shape index (κ2) is 14.7. The largest absolute Gasteiger partial charge is 2.00 e. The van der Waals surface area contributed by atoms with Crippen LogP contribution < -0.4 is 15.1 Å². The molecule has 12 heavy (non-hydrogen) atoms. The van der Waals surface area contributed by atoms with Gasteiger partial charge in [0.05, 0.1) is 13.1 Å². The van der Waals surface area contributed by atoms with E-state index in [0.29, 0.717) is 0 Å². The van der Waals surface area contributed by atoms with Gasteiger partial charge in [0.15, 0.2) is 0 Å². The van der Waals surface area contributed by atoms with Gasteiger partial charge in [0, 0.05) is 0 Å². The molecule has 0 aromatic carbocycles. The molecule has 1 rings (SSSR count). The minimum Gasteiger partial charge on any atom is -0.870 e. The van der Waals surface area contributed by atoms with E-state index in [1.54, 1.807) is 0 Å². The van der Waals surface area contributed by atoms with Crippen LogP contribution >= 0.6 is 8.25 Å². The number of piperidine rings is 1. The fourth-order valence-corrected chi connectivity index (χ4v) is 0.898. The fourth-order valence-electron chi connectivity index (χ4n) is 0.898. The molecule has 1 fully saturated rings. The number of quaternary nitrogens is 1. The molecule has 0 atom stereocenters. The number of hydrogen-bond acceptors (Lipinski definition) is 4. The first-order valence-corrected chi connectivity index (χ1v) is 4.46. The minimum atomic E-state index is -3.37. The summed E-state index contributed by atoms with van der Waals surface area (Å²) in [6, 6.07) is 0. The molecule has 0 spiro atoms. The van der Waals surface area contributed by atoms with Gasteiger partial charge in [-0.15, -0.1) is 0 Å². The van der Waals surface area contributed by atoms with Gasteiger partial charge >= 0.3 is 37.7 Å². The first kappa shape index (κ1) is 18.9. The molecule has 0 unspecified atom stereocenters. The zero-order valence-corrected chi connectivity index (χ0v) is 10.0. The molecule has 0 aromatic rings. The van der Waals surface area contributed by atoms with E-state index < -0.39 is 8.25 Å². The van der Waals surface area contributed by atoms with Crippen molar-refractivity contribution >= 4 is 46.0 Å². The van der Waals surface area contributed by atoms with Gasteiger partial charge in [-0.05, 0) is 19.3 Å². The van der Waals surface area contributed by atoms with E-state index in [0.717, 1.165) is 0 Å². The molecule has 0 aromatic heterocycles. The third-order valence-corrected chi connectivity index (χ3v) is 1.32. The number of nitrogens with two attached hydrogens (primary N) is 1. The summed E-state index contributed by atoms with van der Waals surface area (Å²) in [4.78, 5) is 17.0. The Morgan fingerprint density at radius 1 is 1.08 bits per heavy atom. The summed E-state index contributed by atoms with van der Waals surface area (Å²) in [5.41, 5.74) is 0. The van der Waals surface area contributed by atoms with Crippen LogP contribution in [0.2, 0.25) is 0 Å². The maximum absolute atomic E-state index is 8.48. The Morgan fingerprint density at radius 2 is 1.42 bits per heavy atom. The van der Waals surface area contributed by atoms with Gasteiger partial charge in [-0.3, -0.25) is 0 Å². The molecule has 68 valence electrons. The van der Waals surface area contributed by atoms with Crippen LogP contribution in [0.15, 0.2) is 0 Å². The van der Waals surface area contributed by atoms with Crippen LogP contribution in [0.25, 0.3) is 0 Å². The standard InChI is InChI=1S/C5H11N.Ca.HO3P.H2O/c1-2-4-6-5-3-1;;1-4(2)3;/h6H,1-5H2;;(H,1,2,3);1H2/q;+2;;/p-1. The number of rotatable bonds is 0. The van der Waals surface area contributed by atoms with E-state index in [2.05, 4.69) is 5.32 Å². The van der Waals surface area contributed by atoms with Gasteiger partial charge in [-0.2, -0.15) is 0 Å². The van der Waals surface area contributed by atoms with Crippen LogP contribution in [-0.4, -0.2) is 56.3 Å². The molecule has 5 nitrogen and oxygen atoms in total. The van der Waals surface area contributed by atoms with Gasteiger partial charge < -0.3 is 20.6 Å². The average Bonchev–Trinajstić information content (AvgIpc) is 1.90. The van der Waals surface area contributed by atoms with E-state index in [1.165, 1.54) is 32.4 Å². The molecule has 1 aliphatic heterocycles. The van der Waals surface area contributed by atoms with Gasteiger partial charge in [-0.25, -0.2) is 0 Å². The topological polar surface area (TPSA) is 110 Å². The van der Waals surface area contributed by atoms with Crippen LogP contribution in [-0.2, 0) is 4.57 Å². The first-order valence-electron chi connectivity index (χ1n) is 3.36. The van der Waals surface area contributed by atoms with Crippen molar-refractivity contribution in [2.75, 3.05) is 13.1 Å². The van der Waals surface area contributed by atoms with Crippen LogP contribution in [0, 0.1) is 0 Å². The zero-order valence-electron chi connectivity index (χ0n) is 6.94. The van der Waals surface area contributed by atoms with E-state index in [1.807, 2.05) is 0 Å². The molecule has 1 heterocycles. The molecule has 1 saturated heterocycles. The van der Waals surface area contributed by atoms with Crippen molar-refractivity contribution in [2.24, 2.45) is 0 Å². The van der Waals surface area contributed by atoms with E-state index in [9.17, 15) is 0 Å². The SMILES string of the molecule is C1CC[NH2+]CC1.O=[P+]([O-])[O-].[Ca+2].[OH-]. The molecule has 0 bridgehead atoms. The summed E-state index contributed by atoms with van der Waals surface area (Å²) in [6.07, 6.45) is 4.36. The van der Waals surface area contributed by atoms with Crippen molar-refractivity contribution in [1.29, 1.82) is 0 Å². The Kier molecular flexibility index (Phi) is 23.1. The van der Waals surface area contributed by atoms with Crippen molar-refractivity contribution in [1.82, 2.24) is 0 Å². The summed E-state index contributed by atoms with van der Waals surface area (Å²) in [5, 5.41) is 2.39. The molecule has 0 aliphatic carbocycles. The maximum Gasteiger partial charge on any atom is 2.00 e. The average molecular weight is 222 g/mol. The predicted octanol–water partition coefficient (Wildman–Crippen LogP) is -2.46. The normalized spacial score (nSPS) is 14.2. The number of hydrogen-bond donors (Lipinski definition) is 1. The van der Waals surface area contributed by atoms with Gasteiger partial charge in [0.2, 0.25) is 0 Å². The molecule has 0 saturated carbocycles. The van der Waals surface area contributed by atoms with Crippen molar-refractivity contribution in [3.63, 3.8) is 0 Å². The smallest absolute Gasteiger partial charge is 0.870 e. The van der Waals surface area contributed by atoms with Crippen molar-refractivity contribution in [2.45, 2.75) is 19.3 Å².